The number of aliphatic hydroxyl groups is 1. The van der Waals surface area contributed by atoms with E-state index in [0.29, 0.717) is 35.4 Å². The second kappa shape index (κ2) is 8.02. The number of piperazine rings is 1. The number of amides is 1. The molecule has 1 saturated heterocycles. The van der Waals surface area contributed by atoms with Gasteiger partial charge in [0.15, 0.2) is 6.10 Å². The third-order valence-electron chi connectivity index (χ3n) is 3.60. The monoisotopic (exact) mass is 346 g/mol. The lowest BCUT2D eigenvalue weighted by Gasteiger charge is -2.35. The highest BCUT2D eigenvalue weighted by molar-refractivity contribution is 6.34. The second-order valence-electron chi connectivity index (χ2n) is 5.26. The summed E-state index contributed by atoms with van der Waals surface area (Å²) in [4.78, 5) is 16.3. The fourth-order valence-corrected chi connectivity index (χ4v) is 2.95. The first kappa shape index (κ1) is 17.3. The van der Waals surface area contributed by atoms with E-state index in [9.17, 15) is 4.79 Å². The highest BCUT2D eigenvalue weighted by atomic mass is 35.5. The summed E-state index contributed by atoms with van der Waals surface area (Å²) in [6.45, 7) is 5.32. The predicted octanol–water partition coefficient (Wildman–Crippen LogP) is 1.90. The molecule has 0 radical (unpaired) electrons. The molecule has 0 aromatic heterocycles. The molecule has 1 atom stereocenters. The van der Waals surface area contributed by atoms with Gasteiger partial charge >= 0.3 is 0 Å². The van der Waals surface area contributed by atoms with Crippen LogP contribution in [0, 0.1) is 0 Å². The Hall–Kier alpha value is -1.01. The predicted molar refractivity (Wildman–Crippen MR) is 86.7 cm³/mol. The Kier molecular flexibility index (Phi) is 6.32. The van der Waals surface area contributed by atoms with Crippen LogP contribution in [-0.2, 0) is 4.79 Å². The van der Waals surface area contributed by atoms with Gasteiger partial charge in [-0.1, -0.05) is 23.2 Å². The first-order chi connectivity index (χ1) is 10.5. The van der Waals surface area contributed by atoms with Crippen molar-refractivity contribution >= 4 is 29.1 Å². The summed E-state index contributed by atoms with van der Waals surface area (Å²) < 4.78 is 5.65. The van der Waals surface area contributed by atoms with Crippen LogP contribution in [0.25, 0.3) is 0 Å². The Morgan fingerprint density at radius 2 is 1.82 bits per heavy atom. The molecule has 1 heterocycles. The van der Waals surface area contributed by atoms with E-state index in [-0.39, 0.29) is 12.5 Å². The maximum absolute atomic E-state index is 12.4. The molecule has 1 aliphatic rings. The molecule has 0 saturated carbocycles. The van der Waals surface area contributed by atoms with Crippen molar-refractivity contribution < 1.29 is 14.6 Å². The highest BCUT2D eigenvalue weighted by Gasteiger charge is 2.25. The van der Waals surface area contributed by atoms with E-state index in [1.165, 1.54) is 0 Å². The molecule has 1 aromatic rings. The summed E-state index contributed by atoms with van der Waals surface area (Å²) in [5, 5.41) is 9.87. The number of aliphatic hydroxyl groups excluding tert-OH is 1. The minimum Gasteiger partial charge on any atom is -0.481 e. The maximum Gasteiger partial charge on any atom is 0.263 e. The number of hydrogen-bond donors (Lipinski definition) is 1. The van der Waals surface area contributed by atoms with Crippen molar-refractivity contribution in [3.05, 3.63) is 28.2 Å². The molecule has 1 fully saturated rings. The van der Waals surface area contributed by atoms with Crippen molar-refractivity contribution in [1.82, 2.24) is 9.80 Å². The van der Waals surface area contributed by atoms with Crippen LogP contribution < -0.4 is 4.74 Å². The molecule has 1 amide bonds. The van der Waals surface area contributed by atoms with Gasteiger partial charge < -0.3 is 14.7 Å². The summed E-state index contributed by atoms with van der Waals surface area (Å²) in [7, 11) is 0. The molecule has 122 valence electrons. The molecule has 0 bridgehead atoms. The molecule has 1 N–H and O–H groups in total. The van der Waals surface area contributed by atoms with Crippen LogP contribution >= 0.6 is 23.2 Å². The van der Waals surface area contributed by atoms with Gasteiger partial charge in [0, 0.05) is 42.8 Å². The Labute approximate surface area is 140 Å². The fourth-order valence-electron chi connectivity index (χ4n) is 2.44. The normalized spacial score (nSPS) is 17.4. The number of carbonyl (C=O) groups is 1. The van der Waals surface area contributed by atoms with E-state index in [4.69, 9.17) is 33.0 Å². The average molecular weight is 347 g/mol. The molecule has 5 nitrogen and oxygen atoms in total. The summed E-state index contributed by atoms with van der Waals surface area (Å²) in [6.07, 6.45) is -0.598. The molecular weight excluding hydrogens is 327 g/mol. The standard InChI is InChI=1S/C15H20Cl2N2O3/c1-11(22-14-9-12(16)8-13(17)10-14)15(21)19-4-2-18(3-5-19)6-7-20/h8-11,20H,2-7H2,1H3. The molecule has 7 heteroatoms. The SMILES string of the molecule is CC(Oc1cc(Cl)cc(Cl)c1)C(=O)N1CCN(CCO)CC1. The number of ether oxygens (including phenoxy) is 1. The first-order valence-corrected chi connectivity index (χ1v) is 8.00. The zero-order chi connectivity index (χ0) is 16.1. The first-order valence-electron chi connectivity index (χ1n) is 7.24. The average Bonchev–Trinajstić information content (AvgIpc) is 2.46. The Morgan fingerprint density at radius 3 is 2.36 bits per heavy atom. The van der Waals surface area contributed by atoms with E-state index in [0.717, 1.165) is 13.1 Å². The number of nitrogens with zero attached hydrogens (tertiary/aromatic N) is 2. The van der Waals surface area contributed by atoms with Crippen molar-refractivity contribution in [1.29, 1.82) is 0 Å². The molecule has 1 aromatic carbocycles. The van der Waals surface area contributed by atoms with E-state index in [2.05, 4.69) is 4.90 Å². The summed E-state index contributed by atoms with van der Waals surface area (Å²) in [6, 6.07) is 4.88. The van der Waals surface area contributed by atoms with Gasteiger partial charge in [0.05, 0.1) is 6.61 Å². The topological polar surface area (TPSA) is 53.0 Å². The molecule has 2 rings (SSSR count). The lowest BCUT2D eigenvalue weighted by Crippen LogP contribution is -2.52. The number of rotatable bonds is 5. The van der Waals surface area contributed by atoms with Gasteiger partial charge in [0.2, 0.25) is 0 Å². The molecule has 0 spiro atoms. The van der Waals surface area contributed by atoms with E-state index in [1.807, 2.05) is 0 Å². The number of benzene rings is 1. The molecule has 0 aliphatic carbocycles. The number of carbonyl (C=O) groups excluding carboxylic acids is 1. The van der Waals surface area contributed by atoms with Crippen LogP contribution in [0.15, 0.2) is 18.2 Å². The molecular formula is C15H20Cl2N2O3. The van der Waals surface area contributed by atoms with Crippen LogP contribution in [0.1, 0.15) is 6.92 Å². The Bertz CT molecular complexity index is 499. The molecule has 1 unspecified atom stereocenters. The zero-order valence-electron chi connectivity index (χ0n) is 12.5. The zero-order valence-corrected chi connectivity index (χ0v) is 14.0. The largest absolute Gasteiger partial charge is 0.481 e. The van der Waals surface area contributed by atoms with Gasteiger partial charge in [-0.05, 0) is 25.1 Å². The Morgan fingerprint density at radius 1 is 1.23 bits per heavy atom. The van der Waals surface area contributed by atoms with Gasteiger partial charge in [0.25, 0.3) is 5.91 Å². The van der Waals surface area contributed by atoms with E-state index >= 15 is 0 Å². The van der Waals surface area contributed by atoms with Crippen molar-refractivity contribution in [3.63, 3.8) is 0 Å². The number of β-amino-alcohol motifs (C(OH)–C–C–N with tert-alkyl or cyclic N) is 1. The van der Waals surface area contributed by atoms with Crippen LogP contribution in [0.2, 0.25) is 10.0 Å². The van der Waals surface area contributed by atoms with Gasteiger partial charge in [-0.3, -0.25) is 9.69 Å². The molecule has 22 heavy (non-hydrogen) atoms. The Balaban J connectivity index is 1.89. The van der Waals surface area contributed by atoms with E-state index in [1.54, 1.807) is 30.0 Å². The van der Waals surface area contributed by atoms with Gasteiger partial charge in [-0.15, -0.1) is 0 Å². The highest BCUT2D eigenvalue weighted by Crippen LogP contribution is 2.25. The van der Waals surface area contributed by atoms with Crippen LogP contribution in [0.5, 0.6) is 5.75 Å². The third kappa shape index (κ3) is 4.74. The van der Waals surface area contributed by atoms with Crippen molar-refractivity contribution in [2.75, 3.05) is 39.3 Å². The lowest BCUT2D eigenvalue weighted by atomic mass is 10.2. The van der Waals surface area contributed by atoms with Crippen LogP contribution in [0.4, 0.5) is 0 Å². The molecule has 1 aliphatic heterocycles. The number of hydrogen-bond acceptors (Lipinski definition) is 4. The second-order valence-corrected chi connectivity index (χ2v) is 6.13. The third-order valence-corrected chi connectivity index (χ3v) is 4.03. The van der Waals surface area contributed by atoms with E-state index < -0.39 is 6.10 Å². The minimum absolute atomic E-state index is 0.0558. The van der Waals surface area contributed by atoms with Crippen LogP contribution in [-0.4, -0.2) is 66.2 Å². The summed E-state index contributed by atoms with van der Waals surface area (Å²) in [5.74, 6) is 0.428. The van der Waals surface area contributed by atoms with Gasteiger partial charge in [-0.2, -0.15) is 0 Å². The van der Waals surface area contributed by atoms with Crippen molar-refractivity contribution in [3.8, 4) is 5.75 Å². The lowest BCUT2D eigenvalue weighted by molar-refractivity contribution is -0.139. The fraction of sp³-hybridized carbons (Fsp3) is 0.533. The van der Waals surface area contributed by atoms with Crippen molar-refractivity contribution in [2.45, 2.75) is 13.0 Å². The quantitative estimate of drug-likeness (QED) is 0.884. The smallest absolute Gasteiger partial charge is 0.263 e. The maximum atomic E-state index is 12.4. The van der Waals surface area contributed by atoms with Crippen LogP contribution in [0.3, 0.4) is 0 Å². The summed E-state index contributed by atoms with van der Waals surface area (Å²) >= 11 is 11.8. The van der Waals surface area contributed by atoms with Gasteiger partial charge in [-0.25, -0.2) is 0 Å². The summed E-state index contributed by atoms with van der Waals surface area (Å²) in [5.41, 5.74) is 0. The minimum atomic E-state index is -0.598. The van der Waals surface area contributed by atoms with Crippen molar-refractivity contribution in [2.24, 2.45) is 0 Å². The number of halogens is 2. The van der Waals surface area contributed by atoms with Gasteiger partial charge in [0.1, 0.15) is 5.75 Å².